The van der Waals surface area contributed by atoms with Gasteiger partial charge >= 0.3 is 11.9 Å². The SMILES string of the molecule is CCCCC[C@]1(C(=O)OCC)C[C@H](CBr)OC1=O. The molecule has 0 saturated carbocycles. The molecule has 0 aromatic heterocycles. The minimum absolute atomic E-state index is 0.219. The van der Waals surface area contributed by atoms with Crippen molar-refractivity contribution in [1.29, 1.82) is 0 Å². The van der Waals surface area contributed by atoms with Crippen LogP contribution in [0, 0.1) is 5.41 Å². The summed E-state index contributed by atoms with van der Waals surface area (Å²) < 4.78 is 10.3. The maximum Gasteiger partial charge on any atom is 0.323 e. The first-order valence-corrected chi connectivity index (χ1v) is 7.67. The zero-order valence-corrected chi connectivity index (χ0v) is 12.6. The summed E-state index contributed by atoms with van der Waals surface area (Å²) in [5.74, 6) is -0.837. The fourth-order valence-corrected chi connectivity index (χ4v) is 2.64. The maximum absolute atomic E-state index is 12.1. The molecule has 104 valence electrons. The van der Waals surface area contributed by atoms with Crippen LogP contribution in [-0.2, 0) is 19.1 Å². The third kappa shape index (κ3) is 3.25. The minimum atomic E-state index is -1.07. The summed E-state index contributed by atoms with van der Waals surface area (Å²) >= 11 is 3.30. The molecule has 0 aromatic rings. The summed E-state index contributed by atoms with van der Waals surface area (Å²) in [7, 11) is 0. The van der Waals surface area contributed by atoms with Gasteiger partial charge in [-0.1, -0.05) is 42.1 Å². The van der Waals surface area contributed by atoms with E-state index in [9.17, 15) is 9.59 Å². The molecule has 0 amide bonds. The monoisotopic (exact) mass is 320 g/mol. The van der Waals surface area contributed by atoms with E-state index in [0.717, 1.165) is 19.3 Å². The molecule has 5 heteroatoms. The third-order valence-corrected chi connectivity index (χ3v) is 4.01. The standard InChI is InChI=1S/C13H21BrO4/c1-3-5-6-7-13(11(15)17-4-2)8-10(9-14)18-12(13)16/h10H,3-9H2,1-2H3/t10-,13-/m1/s1. The van der Waals surface area contributed by atoms with Crippen LogP contribution >= 0.6 is 15.9 Å². The molecular formula is C13H21BrO4. The molecule has 1 fully saturated rings. The lowest BCUT2D eigenvalue weighted by atomic mass is 9.80. The Morgan fingerprint density at radius 2 is 2.22 bits per heavy atom. The van der Waals surface area contributed by atoms with E-state index >= 15 is 0 Å². The topological polar surface area (TPSA) is 52.6 Å². The predicted molar refractivity (Wildman–Crippen MR) is 71.5 cm³/mol. The highest BCUT2D eigenvalue weighted by atomic mass is 79.9. The van der Waals surface area contributed by atoms with Crippen molar-refractivity contribution in [3.63, 3.8) is 0 Å². The molecule has 1 rings (SSSR count). The number of ether oxygens (including phenoxy) is 2. The first-order chi connectivity index (χ1) is 8.60. The van der Waals surface area contributed by atoms with Gasteiger partial charge in [0.25, 0.3) is 0 Å². The lowest BCUT2D eigenvalue weighted by Gasteiger charge is -2.22. The van der Waals surface area contributed by atoms with E-state index < -0.39 is 17.4 Å². The molecule has 0 spiro atoms. The fourth-order valence-electron chi connectivity index (χ4n) is 2.28. The molecule has 0 radical (unpaired) electrons. The Morgan fingerprint density at radius 3 is 2.72 bits per heavy atom. The molecule has 1 saturated heterocycles. The predicted octanol–water partition coefficient (Wildman–Crippen LogP) is 2.83. The molecule has 2 atom stereocenters. The molecular weight excluding hydrogens is 300 g/mol. The molecule has 1 aliphatic rings. The molecule has 1 aliphatic heterocycles. The fraction of sp³-hybridized carbons (Fsp3) is 0.846. The largest absolute Gasteiger partial charge is 0.465 e. The van der Waals surface area contributed by atoms with Gasteiger partial charge < -0.3 is 9.47 Å². The first-order valence-electron chi connectivity index (χ1n) is 6.55. The number of cyclic esters (lactones) is 1. The van der Waals surface area contributed by atoms with E-state index in [1.165, 1.54) is 0 Å². The van der Waals surface area contributed by atoms with E-state index in [-0.39, 0.29) is 6.10 Å². The Morgan fingerprint density at radius 1 is 1.50 bits per heavy atom. The zero-order chi connectivity index (χ0) is 13.6. The number of hydrogen-bond acceptors (Lipinski definition) is 4. The van der Waals surface area contributed by atoms with Gasteiger partial charge in [-0.2, -0.15) is 0 Å². The zero-order valence-electron chi connectivity index (χ0n) is 11.0. The summed E-state index contributed by atoms with van der Waals surface area (Å²) in [4.78, 5) is 24.1. The van der Waals surface area contributed by atoms with Gasteiger partial charge in [-0.05, 0) is 13.3 Å². The summed E-state index contributed by atoms with van der Waals surface area (Å²) in [6.07, 6.45) is 3.65. The minimum Gasteiger partial charge on any atom is -0.465 e. The maximum atomic E-state index is 12.1. The van der Waals surface area contributed by atoms with Crippen molar-refractivity contribution in [3.05, 3.63) is 0 Å². The average Bonchev–Trinajstić information content (AvgIpc) is 2.68. The average molecular weight is 321 g/mol. The Labute approximate surface area is 117 Å². The van der Waals surface area contributed by atoms with Gasteiger partial charge in [-0.3, -0.25) is 9.59 Å². The Kier molecular flexibility index (Phi) is 6.12. The quantitative estimate of drug-likeness (QED) is 0.313. The normalized spacial score (nSPS) is 27.1. The van der Waals surface area contributed by atoms with Gasteiger partial charge in [0.05, 0.1) is 6.61 Å². The van der Waals surface area contributed by atoms with Gasteiger partial charge in [0.1, 0.15) is 6.10 Å². The number of unbranched alkanes of at least 4 members (excludes halogenated alkanes) is 2. The number of esters is 2. The highest BCUT2D eigenvalue weighted by Gasteiger charge is 2.55. The van der Waals surface area contributed by atoms with Crippen molar-refractivity contribution >= 4 is 27.9 Å². The number of rotatable bonds is 7. The van der Waals surface area contributed by atoms with E-state index in [2.05, 4.69) is 22.9 Å². The lowest BCUT2D eigenvalue weighted by molar-refractivity contribution is -0.165. The number of halogens is 1. The second-order valence-corrected chi connectivity index (χ2v) is 5.29. The first kappa shape index (κ1) is 15.5. The summed E-state index contributed by atoms with van der Waals surface area (Å²) in [5.41, 5.74) is -1.07. The van der Waals surface area contributed by atoms with Crippen molar-refractivity contribution in [1.82, 2.24) is 0 Å². The van der Waals surface area contributed by atoms with Gasteiger partial charge in [-0.15, -0.1) is 0 Å². The second kappa shape index (κ2) is 7.12. The van der Waals surface area contributed by atoms with Crippen molar-refractivity contribution in [2.45, 2.75) is 52.1 Å². The molecule has 0 unspecified atom stereocenters. The van der Waals surface area contributed by atoms with Crippen LogP contribution in [0.5, 0.6) is 0 Å². The molecule has 0 aromatic carbocycles. The van der Waals surface area contributed by atoms with Crippen LogP contribution in [0.25, 0.3) is 0 Å². The van der Waals surface area contributed by atoms with Crippen LogP contribution in [0.1, 0.15) is 46.0 Å². The summed E-state index contributed by atoms with van der Waals surface area (Å²) in [6, 6.07) is 0. The van der Waals surface area contributed by atoms with Crippen LogP contribution in [0.2, 0.25) is 0 Å². The summed E-state index contributed by atoms with van der Waals surface area (Å²) in [6.45, 7) is 4.13. The highest BCUT2D eigenvalue weighted by molar-refractivity contribution is 9.09. The molecule has 0 N–H and O–H groups in total. The van der Waals surface area contributed by atoms with E-state index in [4.69, 9.17) is 9.47 Å². The number of alkyl halides is 1. The van der Waals surface area contributed by atoms with Gasteiger partial charge in [-0.25, -0.2) is 0 Å². The molecule has 0 bridgehead atoms. The van der Waals surface area contributed by atoms with Crippen LogP contribution in [0.4, 0.5) is 0 Å². The van der Waals surface area contributed by atoms with Crippen molar-refractivity contribution in [3.8, 4) is 0 Å². The van der Waals surface area contributed by atoms with Gasteiger partial charge in [0, 0.05) is 11.8 Å². The Balaban J connectivity index is 2.80. The highest BCUT2D eigenvalue weighted by Crippen LogP contribution is 2.40. The second-order valence-electron chi connectivity index (χ2n) is 4.65. The van der Waals surface area contributed by atoms with Crippen molar-refractivity contribution in [2.75, 3.05) is 11.9 Å². The van der Waals surface area contributed by atoms with E-state index in [1.807, 2.05) is 0 Å². The van der Waals surface area contributed by atoms with Crippen molar-refractivity contribution < 1.29 is 19.1 Å². The molecule has 18 heavy (non-hydrogen) atoms. The number of hydrogen-bond donors (Lipinski definition) is 0. The van der Waals surface area contributed by atoms with E-state index in [1.54, 1.807) is 6.92 Å². The molecule has 1 heterocycles. The Hall–Kier alpha value is -0.580. The van der Waals surface area contributed by atoms with E-state index in [0.29, 0.717) is 24.8 Å². The smallest absolute Gasteiger partial charge is 0.323 e. The summed E-state index contributed by atoms with van der Waals surface area (Å²) in [5, 5.41) is 0.563. The molecule has 4 nitrogen and oxygen atoms in total. The van der Waals surface area contributed by atoms with Gasteiger partial charge in [0.15, 0.2) is 5.41 Å². The Bertz CT molecular complexity index is 305. The lowest BCUT2D eigenvalue weighted by Crippen LogP contribution is -2.37. The van der Waals surface area contributed by atoms with Crippen molar-refractivity contribution in [2.24, 2.45) is 5.41 Å². The van der Waals surface area contributed by atoms with Crippen LogP contribution in [-0.4, -0.2) is 30.0 Å². The number of carbonyl (C=O) groups is 2. The number of carbonyl (C=O) groups excluding carboxylic acids is 2. The van der Waals surface area contributed by atoms with Crippen LogP contribution in [0.3, 0.4) is 0 Å². The molecule has 0 aliphatic carbocycles. The third-order valence-electron chi connectivity index (χ3n) is 3.29. The van der Waals surface area contributed by atoms with Crippen LogP contribution in [0.15, 0.2) is 0 Å². The van der Waals surface area contributed by atoms with Gasteiger partial charge in [0.2, 0.25) is 0 Å². The van der Waals surface area contributed by atoms with Crippen LogP contribution < -0.4 is 0 Å².